The Morgan fingerprint density at radius 2 is 1.85 bits per heavy atom. The van der Waals surface area contributed by atoms with Gasteiger partial charge in [-0.3, -0.25) is 0 Å². The van der Waals surface area contributed by atoms with Crippen molar-refractivity contribution in [3.05, 3.63) is 24.0 Å². The molecule has 0 radical (unpaired) electrons. The van der Waals surface area contributed by atoms with E-state index in [1.807, 2.05) is 13.8 Å². The highest BCUT2D eigenvalue weighted by molar-refractivity contribution is 5.56. The molecule has 0 aliphatic rings. The van der Waals surface area contributed by atoms with Gasteiger partial charge >= 0.3 is 0 Å². The highest BCUT2D eigenvalue weighted by Gasteiger charge is 2.03. The Balaban J connectivity index is 2.99. The molecule has 0 aromatic heterocycles. The number of nitrogens with two attached hydrogens (primary N) is 1. The van der Waals surface area contributed by atoms with E-state index in [1.165, 1.54) is 12.1 Å². The Kier molecular flexibility index (Phi) is 3.12. The second-order valence-corrected chi connectivity index (χ2v) is 2.92. The van der Waals surface area contributed by atoms with Gasteiger partial charge in [0, 0.05) is 24.5 Å². The standard InChI is InChI=1S/C10H15FN2/c1-3-13(4-2)10-6-8(11)5-9(12)7-10/h5-7H,3-4,12H2,1-2H3. The topological polar surface area (TPSA) is 29.3 Å². The summed E-state index contributed by atoms with van der Waals surface area (Å²) in [5, 5.41) is 0. The van der Waals surface area contributed by atoms with E-state index >= 15 is 0 Å². The van der Waals surface area contributed by atoms with Crippen molar-refractivity contribution >= 4 is 11.4 Å². The van der Waals surface area contributed by atoms with Crippen molar-refractivity contribution in [1.29, 1.82) is 0 Å². The molecule has 13 heavy (non-hydrogen) atoms. The maximum atomic E-state index is 13.0. The predicted octanol–water partition coefficient (Wildman–Crippen LogP) is 2.25. The van der Waals surface area contributed by atoms with Crippen molar-refractivity contribution in [2.75, 3.05) is 23.7 Å². The van der Waals surface area contributed by atoms with E-state index < -0.39 is 0 Å². The van der Waals surface area contributed by atoms with Crippen LogP contribution in [0.2, 0.25) is 0 Å². The van der Waals surface area contributed by atoms with Crippen molar-refractivity contribution < 1.29 is 4.39 Å². The lowest BCUT2D eigenvalue weighted by Gasteiger charge is -2.21. The fourth-order valence-corrected chi connectivity index (χ4v) is 1.37. The normalized spacial score (nSPS) is 10.1. The van der Waals surface area contributed by atoms with Crippen LogP contribution in [0.25, 0.3) is 0 Å². The van der Waals surface area contributed by atoms with Crippen LogP contribution < -0.4 is 10.6 Å². The molecule has 72 valence electrons. The van der Waals surface area contributed by atoms with Gasteiger partial charge in [0.15, 0.2) is 0 Å². The second-order valence-electron chi connectivity index (χ2n) is 2.92. The molecule has 2 nitrogen and oxygen atoms in total. The molecule has 0 saturated carbocycles. The smallest absolute Gasteiger partial charge is 0.127 e. The number of hydrogen-bond acceptors (Lipinski definition) is 2. The van der Waals surface area contributed by atoms with E-state index in [-0.39, 0.29) is 5.82 Å². The summed E-state index contributed by atoms with van der Waals surface area (Å²) in [4.78, 5) is 2.05. The largest absolute Gasteiger partial charge is 0.399 e. The molecule has 0 heterocycles. The third-order valence-electron chi connectivity index (χ3n) is 2.03. The molecule has 3 heteroatoms. The molecule has 0 bridgehead atoms. The molecule has 0 spiro atoms. The second kappa shape index (κ2) is 4.12. The van der Waals surface area contributed by atoms with Crippen LogP contribution >= 0.6 is 0 Å². The number of rotatable bonds is 3. The van der Waals surface area contributed by atoms with E-state index in [1.54, 1.807) is 6.07 Å². The zero-order valence-corrected chi connectivity index (χ0v) is 8.05. The van der Waals surface area contributed by atoms with Gasteiger partial charge in [-0.1, -0.05) is 0 Å². The number of benzene rings is 1. The van der Waals surface area contributed by atoms with Gasteiger partial charge in [0.2, 0.25) is 0 Å². The van der Waals surface area contributed by atoms with Crippen LogP contribution in [0.15, 0.2) is 18.2 Å². The SMILES string of the molecule is CCN(CC)c1cc(N)cc(F)c1. The molecule has 0 aliphatic carbocycles. The van der Waals surface area contributed by atoms with Crippen LogP contribution in [-0.2, 0) is 0 Å². The first kappa shape index (κ1) is 9.84. The van der Waals surface area contributed by atoms with Crippen molar-refractivity contribution in [2.45, 2.75) is 13.8 Å². The highest BCUT2D eigenvalue weighted by atomic mass is 19.1. The lowest BCUT2D eigenvalue weighted by atomic mass is 10.2. The van der Waals surface area contributed by atoms with E-state index in [4.69, 9.17) is 5.73 Å². The average Bonchev–Trinajstić information content (AvgIpc) is 2.04. The number of anilines is 2. The third kappa shape index (κ3) is 2.34. The van der Waals surface area contributed by atoms with Gasteiger partial charge in [-0.25, -0.2) is 4.39 Å². The minimum atomic E-state index is -0.276. The van der Waals surface area contributed by atoms with Gasteiger partial charge < -0.3 is 10.6 Å². The Morgan fingerprint density at radius 1 is 1.23 bits per heavy atom. The summed E-state index contributed by atoms with van der Waals surface area (Å²) >= 11 is 0. The number of nitrogen functional groups attached to an aromatic ring is 1. The molecule has 1 aromatic carbocycles. The lowest BCUT2D eigenvalue weighted by Crippen LogP contribution is -2.21. The Bertz CT molecular complexity index is 262. The van der Waals surface area contributed by atoms with Crippen molar-refractivity contribution in [3.8, 4) is 0 Å². The Labute approximate surface area is 78.2 Å². The summed E-state index contributed by atoms with van der Waals surface area (Å²) in [6, 6.07) is 4.62. The van der Waals surface area contributed by atoms with Crippen molar-refractivity contribution in [1.82, 2.24) is 0 Å². The molecular formula is C10H15FN2. The van der Waals surface area contributed by atoms with E-state index in [0.717, 1.165) is 18.8 Å². The summed E-state index contributed by atoms with van der Waals surface area (Å²) in [6.07, 6.45) is 0. The fourth-order valence-electron chi connectivity index (χ4n) is 1.37. The van der Waals surface area contributed by atoms with Crippen LogP contribution in [0.4, 0.5) is 15.8 Å². The number of halogens is 1. The fraction of sp³-hybridized carbons (Fsp3) is 0.400. The van der Waals surface area contributed by atoms with Gasteiger partial charge in [-0.15, -0.1) is 0 Å². The summed E-state index contributed by atoms with van der Waals surface area (Å²) in [6.45, 7) is 5.79. The summed E-state index contributed by atoms with van der Waals surface area (Å²) in [5.74, 6) is -0.276. The minimum Gasteiger partial charge on any atom is -0.399 e. The van der Waals surface area contributed by atoms with Gasteiger partial charge in [0.1, 0.15) is 5.82 Å². The van der Waals surface area contributed by atoms with Crippen LogP contribution in [0.1, 0.15) is 13.8 Å². The van der Waals surface area contributed by atoms with E-state index in [0.29, 0.717) is 5.69 Å². The monoisotopic (exact) mass is 182 g/mol. The van der Waals surface area contributed by atoms with Crippen LogP contribution in [-0.4, -0.2) is 13.1 Å². The molecule has 0 amide bonds. The molecule has 0 atom stereocenters. The van der Waals surface area contributed by atoms with Crippen LogP contribution in [0, 0.1) is 5.82 Å². The zero-order chi connectivity index (χ0) is 9.84. The van der Waals surface area contributed by atoms with Gasteiger partial charge in [-0.05, 0) is 32.0 Å². The van der Waals surface area contributed by atoms with Gasteiger partial charge in [-0.2, -0.15) is 0 Å². The first-order valence-corrected chi connectivity index (χ1v) is 4.48. The number of nitrogens with zero attached hydrogens (tertiary/aromatic N) is 1. The molecule has 0 aliphatic heterocycles. The summed E-state index contributed by atoms with van der Waals surface area (Å²) in [5.41, 5.74) is 6.86. The molecule has 0 unspecified atom stereocenters. The quantitative estimate of drug-likeness (QED) is 0.726. The van der Waals surface area contributed by atoms with Crippen LogP contribution in [0.5, 0.6) is 0 Å². The van der Waals surface area contributed by atoms with Crippen LogP contribution in [0.3, 0.4) is 0 Å². The number of hydrogen-bond donors (Lipinski definition) is 1. The van der Waals surface area contributed by atoms with Gasteiger partial charge in [0.05, 0.1) is 0 Å². The minimum absolute atomic E-state index is 0.276. The van der Waals surface area contributed by atoms with Gasteiger partial charge in [0.25, 0.3) is 0 Å². The average molecular weight is 182 g/mol. The summed E-state index contributed by atoms with van der Waals surface area (Å²) in [7, 11) is 0. The molecule has 2 N–H and O–H groups in total. The van der Waals surface area contributed by atoms with E-state index in [2.05, 4.69) is 4.90 Å². The zero-order valence-electron chi connectivity index (χ0n) is 8.05. The Hall–Kier alpha value is -1.25. The molecule has 0 fully saturated rings. The predicted molar refractivity (Wildman–Crippen MR) is 54.4 cm³/mol. The maximum absolute atomic E-state index is 13.0. The third-order valence-corrected chi connectivity index (χ3v) is 2.03. The van der Waals surface area contributed by atoms with Crippen molar-refractivity contribution in [2.24, 2.45) is 0 Å². The van der Waals surface area contributed by atoms with E-state index in [9.17, 15) is 4.39 Å². The Morgan fingerprint density at radius 3 is 2.31 bits per heavy atom. The first-order valence-electron chi connectivity index (χ1n) is 4.48. The lowest BCUT2D eigenvalue weighted by molar-refractivity contribution is 0.627. The highest BCUT2D eigenvalue weighted by Crippen LogP contribution is 2.19. The molecule has 0 saturated heterocycles. The molecular weight excluding hydrogens is 167 g/mol. The summed E-state index contributed by atoms with van der Waals surface area (Å²) < 4.78 is 13.0. The first-order chi connectivity index (χ1) is 6.17. The maximum Gasteiger partial charge on any atom is 0.127 e. The van der Waals surface area contributed by atoms with Crippen molar-refractivity contribution in [3.63, 3.8) is 0 Å². The molecule has 1 rings (SSSR count). The molecule has 1 aromatic rings.